The van der Waals surface area contributed by atoms with E-state index in [2.05, 4.69) is 4.74 Å². The van der Waals surface area contributed by atoms with Crippen molar-refractivity contribution < 1.29 is 28.7 Å². The zero-order valence-electron chi connectivity index (χ0n) is 12.6. The average molecular weight is 331 g/mol. The van der Waals surface area contributed by atoms with Crippen LogP contribution < -0.4 is 9.47 Å². The van der Waals surface area contributed by atoms with Crippen LogP contribution >= 0.6 is 0 Å². The molecule has 0 saturated carbocycles. The van der Waals surface area contributed by atoms with Gasteiger partial charge in [-0.1, -0.05) is 0 Å². The van der Waals surface area contributed by atoms with E-state index in [1.807, 2.05) is 0 Å². The molecule has 0 amide bonds. The van der Waals surface area contributed by atoms with Crippen LogP contribution in [0.1, 0.15) is 17.3 Å². The van der Waals surface area contributed by atoms with Crippen LogP contribution in [0.3, 0.4) is 0 Å². The van der Waals surface area contributed by atoms with Gasteiger partial charge < -0.3 is 14.2 Å². The maximum absolute atomic E-state index is 12.0. The van der Waals surface area contributed by atoms with Gasteiger partial charge in [-0.25, -0.2) is 9.59 Å². The minimum absolute atomic E-state index is 0.102. The smallest absolute Gasteiger partial charge is 0.434 e. The van der Waals surface area contributed by atoms with Crippen LogP contribution in [0.5, 0.6) is 11.5 Å². The van der Waals surface area contributed by atoms with Crippen molar-refractivity contribution in [2.75, 3.05) is 6.61 Å². The van der Waals surface area contributed by atoms with Gasteiger partial charge in [-0.3, -0.25) is 10.1 Å². The van der Waals surface area contributed by atoms with E-state index in [-0.39, 0.29) is 29.4 Å². The molecule has 0 aliphatic heterocycles. The molecule has 8 heteroatoms. The first-order chi connectivity index (χ1) is 11.5. The molecule has 0 aliphatic carbocycles. The first kappa shape index (κ1) is 16.9. The molecule has 2 rings (SSSR count). The van der Waals surface area contributed by atoms with E-state index in [1.54, 1.807) is 6.92 Å². The summed E-state index contributed by atoms with van der Waals surface area (Å²) < 4.78 is 14.6. The minimum atomic E-state index is -0.835. The number of benzene rings is 2. The van der Waals surface area contributed by atoms with E-state index in [4.69, 9.17) is 9.47 Å². The molecular weight excluding hydrogens is 318 g/mol. The molecule has 2 aromatic rings. The highest BCUT2D eigenvalue weighted by atomic mass is 16.7. The Kier molecular flexibility index (Phi) is 5.45. The van der Waals surface area contributed by atoms with Gasteiger partial charge in [0.1, 0.15) is 11.5 Å². The summed E-state index contributed by atoms with van der Waals surface area (Å²) in [5, 5.41) is 10.6. The quantitative estimate of drug-likeness (QED) is 0.272. The molecule has 0 unspecified atom stereocenters. The van der Waals surface area contributed by atoms with Gasteiger partial charge in [0.2, 0.25) is 0 Å². The fraction of sp³-hybridized carbons (Fsp3) is 0.125. The summed E-state index contributed by atoms with van der Waals surface area (Å²) in [7, 11) is 0. The number of nitro groups is 1. The molecule has 2 aromatic carbocycles. The number of carbonyl (C=O) groups excluding carboxylic acids is 2. The molecule has 124 valence electrons. The molecule has 0 radical (unpaired) electrons. The lowest BCUT2D eigenvalue weighted by atomic mass is 10.2. The Bertz CT molecular complexity index is 738. The van der Waals surface area contributed by atoms with Crippen molar-refractivity contribution >= 4 is 17.8 Å². The van der Waals surface area contributed by atoms with Crippen molar-refractivity contribution in [2.45, 2.75) is 6.92 Å². The van der Waals surface area contributed by atoms with E-state index in [1.165, 1.54) is 48.5 Å². The Morgan fingerprint density at radius 2 is 1.50 bits per heavy atom. The van der Waals surface area contributed by atoms with Crippen LogP contribution in [-0.4, -0.2) is 23.7 Å². The van der Waals surface area contributed by atoms with Crippen LogP contribution in [0, 0.1) is 10.1 Å². The number of hydrogen-bond acceptors (Lipinski definition) is 7. The number of nitrogens with zero attached hydrogens (tertiary/aromatic N) is 1. The third kappa shape index (κ3) is 4.54. The van der Waals surface area contributed by atoms with E-state index in [0.29, 0.717) is 0 Å². The van der Waals surface area contributed by atoms with Crippen LogP contribution in [0.2, 0.25) is 0 Å². The van der Waals surface area contributed by atoms with E-state index >= 15 is 0 Å². The van der Waals surface area contributed by atoms with Gasteiger partial charge >= 0.3 is 12.1 Å². The zero-order valence-corrected chi connectivity index (χ0v) is 12.6. The molecule has 0 saturated heterocycles. The van der Waals surface area contributed by atoms with Gasteiger partial charge in [0.05, 0.1) is 17.1 Å². The monoisotopic (exact) mass is 331 g/mol. The third-order valence-electron chi connectivity index (χ3n) is 2.81. The van der Waals surface area contributed by atoms with Gasteiger partial charge in [0.15, 0.2) is 0 Å². The summed E-state index contributed by atoms with van der Waals surface area (Å²) in [6.07, 6.45) is -0.835. The third-order valence-corrected chi connectivity index (χ3v) is 2.81. The summed E-state index contributed by atoms with van der Waals surface area (Å²) in [4.78, 5) is 33.2. The lowest BCUT2D eigenvalue weighted by molar-refractivity contribution is -0.384. The van der Waals surface area contributed by atoms with Crippen LogP contribution in [0.25, 0.3) is 0 Å². The summed E-state index contributed by atoms with van der Waals surface area (Å²) in [5.41, 5.74) is 0.125. The number of non-ortho nitro benzene ring substituents is 1. The molecule has 0 fully saturated rings. The van der Waals surface area contributed by atoms with Crippen molar-refractivity contribution in [1.29, 1.82) is 0 Å². The zero-order chi connectivity index (χ0) is 17.5. The summed E-state index contributed by atoms with van der Waals surface area (Å²) >= 11 is 0. The van der Waals surface area contributed by atoms with Gasteiger partial charge in [-0.15, -0.1) is 0 Å². The highest BCUT2D eigenvalue weighted by Gasteiger charge is 2.11. The van der Waals surface area contributed by atoms with Crippen molar-refractivity contribution in [2.24, 2.45) is 0 Å². The van der Waals surface area contributed by atoms with Crippen LogP contribution in [0.15, 0.2) is 48.5 Å². The Balaban J connectivity index is 1.99. The number of nitro benzene ring substituents is 1. The predicted octanol–water partition coefficient (Wildman–Crippen LogP) is 3.35. The van der Waals surface area contributed by atoms with Gasteiger partial charge in [-0.05, 0) is 43.3 Å². The van der Waals surface area contributed by atoms with Gasteiger partial charge in [0, 0.05) is 12.1 Å². The Morgan fingerprint density at radius 3 is 2.04 bits per heavy atom. The van der Waals surface area contributed by atoms with Crippen molar-refractivity contribution in [3.63, 3.8) is 0 Å². The molecule has 8 nitrogen and oxygen atoms in total. The first-order valence-electron chi connectivity index (χ1n) is 6.91. The fourth-order valence-corrected chi connectivity index (χ4v) is 1.70. The highest BCUT2D eigenvalue weighted by Crippen LogP contribution is 2.19. The number of rotatable bonds is 5. The number of carbonyl (C=O) groups is 2. The standard InChI is InChI=1S/C16H13NO7/c1-2-22-16(19)24-14-7-3-11(4-8-14)15(18)23-13-9-5-12(6-10-13)17(20)21/h3-10H,2H2,1H3. The lowest BCUT2D eigenvalue weighted by Crippen LogP contribution is -2.11. The molecule has 0 aromatic heterocycles. The molecule has 24 heavy (non-hydrogen) atoms. The second-order valence-corrected chi connectivity index (χ2v) is 4.45. The molecule has 0 aliphatic rings. The number of hydrogen-bond donors (Lipinski definition) is 0. The molecular formula is C16H13NO7. The number of ether oxygens (including phenoxy) is 3. The normalized spacial score (nSPS) is 9.88. The van der Waals surface area contributed by atoms with Gasteiger partial charge in [0.25, 0.3) is 5.69 Å². The second-order valence-electron chi connectivity index (χ2n) is 4.45. The first-order valence-corrected chi connectivity index (χ1v) is 6.91. The van der Waals surface area contributed by atoms with Crippen LogP contribution in [-0.2, 0) is 4.74 Å². The second kappa shape index (κ2) is 7.73. The maximum atomic E-state index is 12.0. The molecule has 0 heterocycles. The van der Waals surface area contributed by atoms with Gasteiger partial charge in [-0.2, -0.15) is 0 Å². The summed E-state index contributed by atoms with van der Waals surface area (Å²) in [6, 6.07) is 10.8. The van der Waals surface area contributed by atoms with E-state index in [9.17, 15) is 19.7 Å². The predicted molar refractivity (Wildman–Crippen MR) is 82.1 cm³/mol. The van der Waals surface area contributed by atoms with Crippen LogP contribution in [0.4, 0.5) is 10.5 Å². The highest BCUT2D eigenvalue weighted by molar-refractivity contribution is 5.91. The average Bonchev–Trinajstić information content (AvgIpc) is 2.56. The van der Waals surface area contributed by atoms with Crippen molar-refractivity contribution in [3.05, 3.63) is 64.2 Å². The van der Waals surface area contributed by atoms with Crippen molar-refractivity contribution in [1.82, 2.24) is 0 Å². The molecule has 0 bridgehead atoms. The SMILES string of the molecule is CCOC(=O)Oc1ccc(C(=O)Oc2ccc([N+](=O)[O-])cc2)cc1. The molecule has 0 N–H and O–H groups in total. The summed E-state index contributed by atoms with van der Waals surface area (Å²) in [6.45, 7) is 1.84. The topological polar surface area (TPSA) is 105 Å². The number of esters is 1. The Labute approximate surface area is 136 Å². The lowest BCUT2D eigenvalue weighted by Gasteiger charge is -2.06. The Hall–Kier alpha value is -3.42. The molecule has 0 atom stereocenters. The van der Waals surface area contributed by atoms with Crippen molar-refractivity contribution in [3.8, 4) is 11.5 Å². The van der Waals surface area contributed by atoms with E-state index < -0.39 is 17.0 Å². The summed E-state index contributed by atoms with van der Waals surface area (Å²) in [5.74, 6) is -0.246. The fourth-order valence-electron chi connectivity index (χ4n) is 1.70. The Morgan fingerprint density at radius 1 is 0.958 bits per heavy atom. The largest absolute Gasteiger partial charge is 0.513 e. The molecule has 0 spiro atoms. The minimum Gasteiger partial charge on any atom is -0.434 e. The maximum Gasteiger partial charge on any atom is 0.513 e. The van der Waals surface area contributed by atoms with E-state index in [0.717, 1.165) is 0 Å².